The monoisotopic (exact) mass is 517 g/mol. The largest absolute Gasteiger partial charge is 0.506 e. The minimum absolute atomic E-state index is 0.0866. The summed E-state index contributed by atoms with van der Waals surface area (Å²) in [5.41, 5.74) is -0.246. The second kappa shape index (κ2) is 7.12. The number of halogens is 2. The van der Waals surface area contributed by atoms with Gasteiger partial charge in [0.1, 0.15) is 5.75 Å². The second-order valence-electron chi connectivity index (χ2n) is 5.77. The van der Waals surface area contributed by atoms with Crippen LogP contribution in [0.2, 0.25) is 0 Å². The molecule has 21 heavy (non-hydrogen) atoms. The molecule has 0 aliphatic heterocycles. The quantitative estimate of drug-likeness (QED) is 0.536. The van der Waals surface area contributed by atoms with Gasteiger partial charge in [0.2, 0.25) is 0 Å². The number of nitrogens with one attached hydrogen (secondary N) is 1. The third-order valence-electron chi connectivity index (χ3n) is 3.00. The number of rotatable bonds is 4. The van der Waals surface area contributed by atoms with Crippen LogP contribution < -0.4 is 5.32 Å². The molecule has 1 aromatic carbocycles. The number of hydrogen-bond donors (Lipinski definition) is 3. The summed E-state index contributed by atoms with van der Waals surface area (Å²) in [4.78, 5) is 23.3. The van der Waals surface area contributed by atoms with Crippen LogP contribution in [-0.4, -0.2) is 28.1 Å². The Labute approximate surface area is 150 Å². The maximum Gasteiger partial charge on any atom is 0.305 e. The lowest BCUT2D eigenvalue weighted by Gasteiger charge is -2.30. The molecular formula is C14H17I2NO4. The van der Waals surface area contributed by atoms with Crippen molar-refractivity contribution in [3.63, 3.8) is 0 Å². The van der Waals surface area contributed by atoms with Gasteiger partial charge in [0.05, 0.1) is 15.6 Å². The normalized spacial score (nSPS) is 12.8. The van der Waals surface area contributed by atoms with Crippen LogP contribution in [0, 0.1) is 12.6 Å². The molecule has 0 radical (unpaired) electrons. The number of aromatic hydroxyl groups is 1. The number of carbonyl (C=O) groups excluding carboxylic acids is 1. The average molecular weight is 517 g/mol. The summed E-state index contributed by atoms with van der Waals surface area (Å²) in [6.45, 7) is 5.58. The van der Waals surface area contributed by atoms with Gasteiger partial charge >= 0.3 is 5.97 Å². The van der Waals surface area contributed by atoms with E-state index >= 15 is 0 Å². The van der Waals surface area contributed by atoms with Crippen molar-refractivity contribution in [2.45, 2.75) is 33.2 Å². The first-order valence-electron chi connectivity index (χ1n) is 6.23. The van der Waals surface area contributed by atoms with Crippen LogP contribution in [0.3, 0.4) is 0 Å². The number of aliphatic carboxylic acids is 1. The SMILES string of the molecule is CC(C)(C)C(CC(=O)O)NC(=O)c1cc(I)cc(I)c1O. The van der Waals surface area contributed by atoms with E-state index in [0.717, 1.165) is 3.57 Å². The van der Waals surface area contributed by atoms with Gasteiger partial charge in [0, 0.05) is 9.61 Å². The molecule has 1 unspecified atom stereocenters. The molecule has 116 valence electrons. The predicted octanol–water partition coefficient (Wildman–Crippen LogP) is 3.22. The molecule has 5 nitrogen and oxygen atoms in total. The van der Waals surface area contributed by atoms with Crippen LogP contribution in [-0.2, 0) is 4.79 Å². The van der Waals surface area contributed by atoms with E-state index in [0.29, 0.717) is 3.57 Å². The fourth-order valence-corrected chi connectivity index (χ4v) is 3.57. The van der Waals surface area contributed by atoms with Crippen molar-refractivity contribution in [1.82, 2.24) is 5.32 Å². The number of phenols is 1. The number of benzene rings is 1. The molecular weight excluding hydrogens is 500 g/mol. The molecule has 0 spiro atoms. The van der Waals surface area contributed by atoms with E-state index in [-0.39, 0.29) is 17.7 Å². The number of carboxylic acids is 1. The topological polar surface area (TPSA) is 86.6 Å². The van der Waals surface area contributed by atoms with Gasteiger partial charge in [-0.05, 0) is 62.7 Å². The van der Waals surface area contributed by atoms with Gasteiger partial charge in [-0.2, -0.15) is 0 Å². The average Bonchev–Trinajstić information content (AvgIpc) is 2.31. The number of carboxylic acid groups (broad SMARTS) is 1. The zero-order valence-electron chi connectivity index (χ0n) is 11.9. The maximum absolute atomic E-state index is 12.3. The molecule has 0 saturated heterocycles. The molecule has 1 amide bonds. The molecule has 0 saturated carbocycles. The van der Waals surface area contributed by atoms with E-state index in [4.69, 9.17) is 5.11 Å². The highest BCUT2D eigenvalue weighted by molar-refractivity contribution is 14.1. The van der Waals surface area contributed by atoms with Gasteiger partial charge in [-0.15, -0.1) is 0 Å². The minimum Gasteiger partial charge on any atom is -0.506 e. The molecule has 0 aliphatic carbocycles. The summed E-state index contributed by atoms with van der Waals surface area (Å²) in [5.74, 6) is -1.53. The molecule has 1 rings (SSSR count). The van der Waals surface area contributed by atoms with Crippen LogP contribution in [0.4, 0.5) is 0 Å². The van der Waals surface area contributed by atoms with Crippen molar-refractivity contribution >= 4 is 57.1 Å². The van der Waals surface area contributed by atoms with Gasteiger partial charge in [0.15, 0.2) is 0 Å². The number of hydrogen-bond acceptors (Lipinski definition) is 3. The first-order chi connectivity index (χ1) is 9.52. The lowest BCUT2D eigenvalue weighted by molar-refractivity contribution is -0.138. The van der Waals surface area contributed by atoms with E-state index < -0.39 is 23.3 Å². The lowest BCUT2D eigenvalue weighted by atomic mass is 9.84. The second-order valence-corrected chi connectivity index (χ2v) is 8.18. The molecule has 0 heterocycles. The predicted molar refractivity (Wildman–Crippen MR) is 96.5 cm³/mol. The summed E-state index contributed by atoms with van der Waals surface area (Å²) in [7, 11) is 0. The van der Waals surface area contributed by atoms with Crippen molar-refractivity contribution in [3.05, 3.63) is 24.8 Å². The summed E-state index contributed by atoms with van der Waals surface area (Å²) < 4.78 is 1.40. The highest BCUT2D eigenvalue weighted by Crippen LogP contribution is 2.28. The van der Waals surface area contributed by atoms with Crippen molar-refractivity contribution in [1.29, 1.82) is 0 Å². The Morgan fingerprint density at radius 1 is 1.29 bits per heavy atom. The smallest absolute Gasteiger partial charge is 0.305 e. The zero-order valence-corrected chi connectivity index (χ0v) is 16.2. The summed E-state index contributed by atoms with van der Waals surface area (Å²) >= 11 is 4.01. The Kier molecular flexibility index (Phi) is 6.26. The van der Waals surface area contributed by atoms with Gasteiger partial charge in [-0.1, -0.05) is 20.8 Å². The maximum atomic E-state index is 12.3. The molecule has 0 aliphatic rings. The zero-order chi connectivity index (χ0) is 16.4. The molecule has 0 fully saturated rings. The summed E-state index contributed by atoms with van der Waals surface area (Å²) in [5, 5.41) is 21.7. The number of carbonyl (C=O) groups is 2. The van der Waals surface area contributed by atoms with E-state index in [9.17, 15) is 14.7 Å². The molecule has 1 aromatic rings. The third-order valence-corrected chi connectivity index (χ3v) is 4.45. The Balaban J connectivity index is 3.05. The van der Waals surface area contributed by atoms with Crippen molar-refractivity contribution in [3.8, 4) is 5.75 Å². The molecule has 7 heteroatoms. The van der Waals surface area contributed by atoms with E-state index in [2.05, 4.69) is 27.9 Å². The highest BCUT2D eigenvalue weighted by Gasteiger charge is 2.29. The Bertz CT molecular complexity index is 567. The third kappa shape index (κ3) is 5.28. The Morgan fingerprint density at radius 3 is 2.33 bits per heavy atom. The Hall–Kier alpha value is -0.580. The first-order valence-corrected chi connectivity index (χ1v) is 8.38. The van der Waals surface area contributed by atoms with E-state index in [1.54, 1.807) is 12.1 Å². The van der Waals surface area contributed by atoms with Crippen molar-refractivity contribution in [2.24, 2.45) is 5.41 Å². The van der Waals surface area contributed by atoms with Gasteiger partial charge in [-0.25, -0.2) is 0 Å². The van der Waals surface area contributed by atoms with E-state index in [1.807, 2.05) is 43.4 Å². The van der Waals surface area contributed by atoms with Crippen LogP contribution in [0.25, 0.3) is 0 Å². The van der Waals surface area contributed by atoms with Gasteiger partial charge < -0.3 is 15.5 Å². The fraction of sp³-hybridized carbons (Fsp3) is 0.429. The summed E-state index contributed by atoms with van der Waals surface area (Å²) in [6, 6.07) is 2.80. The molecule has 1 atom stereocenters. The van der Waals surface area contributed by atoms with Crippen LogP contribution in [0.15, 0.2) is 12.1 Å². The number of amides is 1. The molecule has 3 N–H and O–H groups in total. The van der Waals surface area contributed by atoms with Gasteiger partial charge in [-0.3, -0.25) is 9.59 Å². The lowest BCUT2D eigenvalue weighted by Crippen LogP contribution is -2.45. The van der Waals surface area contributed by atoms with Crippen molar-refractivity contribution < 1.29 is 19.8 Å². The van der Waals surface area contributed by atoms with Gasteiger partial charge in [0.25, 0.3) is 5.91 Å². The molecule has 0 aromatic heterocycles. The number of phenolic OH excluding ortho intramolecular Hbond substituents is 1. The molecule has 0 bridgehead atoms. The van der Waals surface area contributed by atoms with Crippen LogP contribution in [0.1, 0.15) is 37.6 Å². The first kappa shape index (κ1) is 18.5. The van der Waals surface area contributed by atoms with Crippen molar-refractivity contribution in [2.75, 3.05) is 0 Å². The van der Waals surface area contributed by atoms with Crippen LogP contribution in [0.5, 0.6) is 5.75 Å². The highest BCUT2D eigenvalue weighted by atomic mass is 127. The minimum atomic E-state index is -0.975. The fourth-order valence-electron chi connectivity index (χ4n) is 1.72. The van der Waals surface area contributed by atoms with E-state index in [1.165, 1.54) is 0 Å². The van der Waals surface area contributed by atoms with Crippen LogP contribution >= 0.6 is 45.2 Å². The summed E-state index contributed by atoms with van der Waals surface area (Å²) in [6.07, 6.45) is -0.170. The standard InChI is InChI=1S/C14H17I2NO4/c1-14(2,3)10(6-11(18)19)17-13(21)8-4-7(15)5-9(16)12(8)20/h4-5,10,20H,6H2,1-3H3,(H,17,21)(H,18,19). The Morgan fingerprint density at radius 2 is 1.86 bits per heavy atom.